The van der Waals surface area contributed by atoms with Gasteiger partial charge in [-0.25, -0.2) is 4.98 Å². The van der Waals surface area contributed by atoms with Gasteiger partial charge in [0.2, 0.25) is 0 Å². The number of nitrogens with zero attached hydrogens (tertiary/aromatic N) is 2. The first-order valence-corrected chi connectivity index (χ1v) is 3.08. The first-order valence-electron chi connectivity index (χ1n) is 3.08. The number of rotatable bonds is 2. The molecule has 0 aliphatic heterocycles. The van der Waals surface area contributed by atoms with Crippen molar-refractivity contribution in [3.8, 4) is 0 Å². The van der Waals surface area contributed by atoms with Crippen molar-refractivity contribution in [2.45, 2.75) is 0 Å². The Hall–Kier alpha value is -1.09. The Labute approximate surface area is 59.6 Å². The monoisotopic (exact) mass is 138 g/mol. The highest BCUT2D eigenvalue weighted by atomic mass is 16.2. The number of hydrogen-bond donors (Lipinski definition) is 1. The lowest BCUT2D eigenvalue weighted by molar-refractivity contribution is 0.343. The summed E-state index contributed by atoms with van der Waals surface area (Å²) in [6.07, 6.45) is 7.03. The van der Waals surface area contributed by atoms with E-state index in [1.165, 1.54) is 0 Å². The van der Waals surface area contributed by atoms with Gasteiger partial charge in [0.15, 0.2) is 0 Å². The lowest BCUT2D eigenvalue weighted by atomic mass is 10.4. The van der Waals surface area contributed by atoms with Gasteiger partial charge in [-0.1, -0.05) is 6.08 Å². The van der Waals surface area contributed by atoms with E-state index in [-0.39, 0.29) is 6.61 Å². The Balaban J connectivity index is 2.67. The van der Waals surface area contributed by atoms with Crippen LogP contribution in [-0.2, 0) is 7.05 Å². The molecule has 0 radical (unpaired) electrons. The van der Waals surface area contributed by atoms with E-state index in [4.69, 9.17) is 5.11 Å². The Morgan fingerprint density at radius 2 is 2.60 bits per heavy atom. The summed E-state index contributed by atoms with van der Waals surface area (Å²) in [6.45, 7) is 0.0660. The molecule has 0 saturated heterocycles. The lowest BCUT2D eigenvalue weighted by Gasteiger charge is -1.81. The Bertz CT molecular complexity index is 227. The molecule has 0 spiro atoms. The number of aliphatic hydroxyl groups is 1. The maximum Gasteiger partial charge on any atom is 0.0950 e. The van der Waals surface area contributed by atoms with Crippen LogP contribution in [0.1, 0.15) is 5.69 Å². The van der Waals surface area contributed by atoms with Crippen molar-refractivity contribution < 1.29 is 5.11 Å². The fourth-order valence-electron chi connectivity index (χ4n) is 0.693. The molecule has 3 heteroatoms. The third kappa shape index (κ3) is 1.70. The Morgan fingerprint density at radius 1 is 1.80 bits per heavy atom. The summed E-state index contributed by atoms with van der Waals surface area (Å²) >= 11 is 0. The summed E-state index contributed by atoms with van der Waals surface area (Å²) in [5, 5.41) is 8.41. The predicted octanol–water partition coefficient (Wildman–Crippen LogP) is 0.426. The van der Waals surface area contributed by atoms with Gasteiger partial charge in [0.05, 0.1) is 18.6 Å². The molecule has 54 valence electrons. The van der Waals surface area contributed by atoms with E-state index in [2.05, 4.69) is 4.98 Å². The molecular formula is C7H10N2O. The van der Waals surface area contributed by atoms with E-state index in [1.807, 2.05) is 17.8 Å². The molecule has 1 aromatic heterocycles. The van der Waals surface area contributed by atoms with Crippen LogP contribution in [0.25, 0.3) is 6.08 Å². The second kappa shape index (κ2) is 3.17. The molecule has 1 N–H and O–H groups in total. The van der Waals surface area contributed by atoms with Gasteiger partial charge >= 0.3 is 0 Å². The smallest absolute Gasteiger partial charge is 0.0950 e. The topological polar surface area (TPSA) is 38.0 Å². The highest BCUT2D eigenvalue weighted by Crippen LogP contribution is 1.95. The molecule has 0 amide bonds. The van der Waals surface area contributed by atoms with E-state index < -0.39 is 0 Å². The highest BCUT2D eigenvalue weighted by Gasteiger charge is 1.87. The van der Waals surface area contributed by atoms with Gasteiger partial charge in [0, 0.05) is 13.2 Å². The SMILES string of the molecule is Cn1cnc(C=CCO)c1. The summed E-state index contributed by atoms with van der Waals surface area (Å²) in [6, 6.07) is 0. The largest absolute Gasteiger partial charge is 0.392 e. The molecule has 0 saturated carbocycles. The summed E-state index contributed by atoms with van der Waals surface area (Å²) in [4.78, 5) is 4.02. The number of hydrogen-bond acceptors (Lipinski definition) is 2. The number of aryl methyl sites for hydroxylation is 1. The summed E-state index contributed by atoms with van der Waals surface area (Å²) < 4.78 is 1.86. The molecule has 1 rings (SSSR count). The van der Waals surface area contributed by atoms with E-state index in [9.17, 15) is 0 Å². The molecule has 0 bridgehead atoms. The third-order valence-electron chi connectivity index (χ3n) is 1.12. The molecule has 0 aliphatic rings. The highest BCUT2D eigenvalue weighted by molar-refractivity contribution is 5.42. The maximum absolute atomic E-state index is 8.41. The van der Waals surface area contributed by atoms with E-state index in [0.29, 0.717) is 0 Å². The van der Waals surface area contributed by atoms with Gasteiger partial charge in [0.1, 0.15) is 0 Å². The Morgan fingerprint density at radius 3 is 3.10 bits per heavy atom. The van der Waals surface area contributed by atoms with Crippen molar-refractivity contribution in [1.29, 1.82) is 0 Å². The van der Waals surface area contributed by atoms with Gasteiger partial charge in [-0.05, 0) is 6.08 Å². The zero-order chi connectivity index (χ0) is 7.40. The third-order valence-corrected chi connectivity index (χ3v) is 1.12. The predicted molar refractivity (Wildman–Crippen MR) is 39.3 cm³/mol. The van der Waals surface area contributed by atoms with E-state index in [0.717, 1.165) is 5.69 Å². The van der Waals surface area contributed by atoms with Crippen molar-refractivity contribution in [2.75, 3.05) is 6.61 Å². The molecule has 1 aromatic rings. The first kappa shape index (κ1) is 7.02. The Kier molecular flexibility index (Phi) is 2.23. The fraction of sp³-hybridized carbons (Fsp3) is 0.286. The minimum Gasteiger partial charge on any atom is -0.392 e. The molecular weight excluding hydrogens is 128 g/mol. The van der Waals surface area contributed by atoms with E-state index >= 15 is 0 Å². The maximum atomic E-state index is 8.41. The molecule has 0 unspecified atom stereocenters. The zero-order valence-electron chi connectivity index (χ0n) is 5.86. The van der Waals surface area contributed by atoms with Crippen LogP contribution in [0.2, 0.25) is 0 Å². The van der Waals surface area contributed by atoms with Crippen LogP contribution < -0.4 is 0 Å². The minimum atomic E-state index is 0.0660. The molecule has 0 fully saturated rings. The quantitative estimate of drug-likeness (QED) is 0.643. The van der Waals surface area contributed by atoms with Crippen LogP contribution in [0.4, 0.5) is 0 Å². The van der Waals surface area contributed by atoms with Crippen LogP contribution in [0.5, 0.6) is 0 Å². The second-order valence-corrected chi connectivity index (χ2v) is 2.05. The van der Waals surface area contributed by atoms with Gasteiger partial charge in [-0.15, -0.1) is 0 Å². The fourth-order valence-corrected chi connectivity index (χ4v) is 0.693. The number of aromatic nitrogens is 2. The normalized spacial score (nSPS) is 11.0. The van der Waals surface area contributed by atoms with Gasteiger partial charge in [0.25, 0.3) is 0 Å². The van der Waals surface area contributed by atoms with E-state index in [1.54, 1.807) is 18.5 Å². The summed E-state index contributed by atoms with van der Waals surface area (Å²) in [7, 11) is 1.91. The average Bonchev–Trinajstić information content (AvgIpc) is 2.31. The lowest BCUT2D eigenvalue weighted by Crippen LogP contribution is -1.77. The van der Waals surface area contributed by atoms with Gasteiger partial charge in [-0.3, -0.25) is 0 Å². The molecule has 10 heavy (non-hydrogen) atoms. The molecule has 0 aromatic carbocycles. The first-order chi connectivity index (χ1) is 4.83. The molecule has 0 atom stereocenters. The molecule has 0 aliphatic carbocycles. The van der Waals surface area contributed by atoms with Crippen LogP contribution >= 0.6 is 0 Å². The van der Waals surface area contributed by atoms with Crippen LogP contribution in [0, 0.1) is 0 Å². The standard InChI is InChI=1S/C7H10N2O/c1-9-5-7(8-6-9)3-2-4-10/h2-3,5-6,10H,4H2,1H3. The number of aliphatic hydroxyl groups excluding tert-OH is 1. The van der Waals surface area contributed by atoms with Crippen molar-refractivity contribution >= 4 is 6.08 Å². The van der Waals surface area contributed by atoms with Crippen LogP contribution in [-0.4, -0.2) is 21.3 Å². The second-order valence-electron chi connectivity index (χ2n) is 2.05. The van der Waals surface area contributed by atoms with Crippen molar-refractivity contribution in [1.82, 2.24) is 9.55 Å². The minimum absolute atomic E-state index is 0.0660. The average molecular weight is 138 g/mol. The molecule has 1 heterocycles. The van der Waals surface area contributed by atoms with Crippen molar-refractivity contribution in [3.63, 3.8) is 0 Å². The summed E-state index contributed by atoms with van der Waals surface area (Å²) in [5.74, 6) is 0. The van der Waals surface area contributed by atoms with Crippen molar-refractivity contribution in [3.05, 3.63) is 24.3 Å². The van der Waals surface area contributed by atoms with Gasteiger partial charge in [-0.2, -0.15) is 0 Å². The summed E-state index contributed by atoms with van der Waals surface area (Å²) in [5.41, 5.74) is 0.872. The van der Waals surface area contributed by atoms with Crippen molar-refractivity contribution in [2.24, 2.45) is 7.05 Å². The van der Waals surface area contributed by atoms with Crippen LogP contribution in [0.3, 0.4) is 0 Å². The molecule has 3 nitrogen and oxygen atoms in total. The van der Waals surface area contributed by atoms with Crippen LogP contribution in [0.15, 0.2) is 18.6 Å². The van der Waals surface area contributed by atoms with Gasteiger partial charge < -0.3 is 9.67 Å². The number of imidazole rings is 1. The zero-order valence-corrected chi connectivity index (χ0v) is 5.86.